The van der Waals surface area contributed by atoms with Crippen LogP contribution < -0.4 is 9.73 Å². The minimum Gasteiger partial charge on any atom is -0.271 e. The van der Waals surface area contributed by atoms with Crippen LogP contribution in [0.15, 0.2) is 40.8 Å². The van der Waals surface area contributed by atoms with E-state index in [-0.39, 0.29) is 10.7 Å². The van der Waals surface area contributed by atoms with Gasteiger partial charge in [-0.25, -0.2) is 13.8 Å². The highest BCUT2D eigenvalue weighted by Gasteiger charge is 2.21. The van der Waals surface area contributed by atoms with Crippen LogP contribution in [0.3, 0.4) is 0 Å². The maximum atomic E-state index is 12.0. The highest BCUT2D eigenvalue weighted by Crippen LogP contribution is 2.28. The number of sulfonamides is 1. The second kappa shape index (κ2) is 7.98. The fourth-order valence-electron chi connectivity index (χ4n) is 1.74. The van der Waals surface area contributed by atoms with Gasteiger partial charge in [-0.15, -0.1) is 11.3 Å². The molecule has 0 radical (unpaired) electrons. The molecule has 2 aromatic rings. The van der Waals surface area contributed by atoms with E-state index in [1.54, 1.807) is 0 Å². The molecule has 1 aromatic carbocycles. The molecule has 0 saturated carbocycles. The van der Waals surface area contributed by atoms with Crippen molar-refractivity contribution in [1.29, 1.82) is 0 Å². The van der Waals surface area contributed by atoms with Crippen molar-refractivity contribution >= 4 is 62.4 Å². The van der Waals surface area contributed by atoms with Gasteiger partial charge in [-0.2, -0.15) is 5.10 Å². The summed E-state index contributed by atoms with van der Waals surface area (Å²) in [5.74, 6) is -0.584. The van der Waals surface area contributed by atoms with Gasteiger partial charge >= 0.3 is 0 Å². The summed E-state index contributed by atoms with van der Waals surface area (Å²) in [7, 11) is -3.69. The average Bonchev–Trinajstić information content (AvgIpc) is 3.00. The van der Waals surface area contributed by atoms with Crippen LogP contribution in [0, 0.1) is 0 Å². The van der Waals surface area contributed by atoms with E-state index in [9.17, 15) is 13.2 Å². The van der Waals surface area contributed by atoms with Crippen LogP contribution in [0.25, 0.3) is 0 Å². The van der Waals surface area contributed by atoms with Crippen molar-refractivity contribution in [3.8, 4) is 0 Å². The van der Waals surface area contributed by atoms with Crippen molar-refractivity contribution in [1.82, 2.24) is 5.43 Å². The van der Waals surface area contributed by atoms with Gasteiger partial charge in [0.1, 0.15) is 6.54 Å². The number of carbonyl (C=O) groups excluding carboxylic acids is 1. The summed E-state index contributed by atoms with van der Waals surface area (Å²) < 4.78 is 24.8. The highest BCUT2D eigenvalue weighted by molar-refractivity contribution is 7.92. The number of hydrazone groups is 1. The maximum absolute atomic E-state index is 12.0. The number of benzene rings is 1. The Morgan fingerprint density at radius 2 is 2.08 bits per heavy atom. The van der Waals surface area contributed by atoms with Gasteiger partial charge in [0.15, 0.2) is 0 Å². The van der Waals surface area contributed by atoms with Crippen LogP contribution >= 0.6 is 34.5 Å². The van der Waals surface area contributed by atoms with E-state index in [1.165, 1.54) is 35.8 Å². The number of hydrogen-bond donors (Lipinski definition) is 1. The van der Waals surface area contributed by atoms with Gasteiger partial charge in [-0.3, -0.25) is 9.10 Å². The molecule has 128 valence electrons. The summed E-state index contributed by atoms with van der Waals surface area (Å²) in [6.07, 6.45) is 2.48. The molecule has 0 bridgehead atoms. The number of carbonyl (C=O) groups is 1. The first kappa shape index (κ1) is 18.7. The molecule has 0 fully saturated rings. The number of anilines is 1. The molecule has 10 heteroatoms. The monoisotopic (exact) mass is 405 g/mol. The molecule has 0 aliphatic carbocycles. The average molecular weight is 406 g/mol. The van der Waals surface area contributed by atoms with Crippen molar-refractivity contribution < 1.29 is 13.2 Å². The Hall–Kier alpha value is -1.61. The minimum atomic E-state index is -3.69. The zero-order chi connectivity index (χ0) is 17.7. The first-order valence-electron chi connectivity index (χ1n) is 6.55. The number of nitrogens with one attached hydrogen (secondary N) is 1. The van der Waals surface area contributed by atoms with E-state index in [2.05, 4.69) is 10.5 Å². The third-order valence-corrected chi connectivity index (χ3v) is 5.49. The van der Waals surface area contributed by atoms with Gasteiger partial charge in [0.25, 0.3) is 5.91 Å². The Balaban J connectivity index is 2.11. The fourth-order valence-corrected chi connectivity index (χ4v) is 3.46. The molecular formula is C14H13Cl2N3O3S2. The molecule has 1 aromatic heterocycles. The third kappa shape index (κ3) is 5.20. The van der Waals surface area contributed by atoms with E-state index in [0.717, 1.165) is 15.4 Å². The maximum Gasteiger partial charge on any atom is 0.260 e. The van der Waals surface area contributed by atoms with Crippen LogP contribution in [0.2, 0.25) is 10.0 Å². The molecule has 1 amide bonds. The topological polar surface area (TPSA) is 78.8 Å². The first-order chi connectivity index (χ1) is 11.3. The molecule has 0 saturated heterocycles. The zero-order valence-electron chi connectivity index (χ0n) is 12.4. The molecule has 0 spiro atoms. The quantitative estimate of drug-likeness (QED) is 0.592. The van der Waals surface area contributed by atoms with E-state index >= 15 is 0 Å². The number of hydrogen-bond acceptors (Lipinski definition) is 5. The van der Waals surface area contributed by atoms with Crippen LogP contribution in [0.5, 0.6) is 0 Å². The number of amides is 1. The first-order valence-corrected chi connectivity index (χ1v) is 10.0. The van der Waals surface area contributed by atoms with Gasteiger partial charge in [0.2, 0.25) is 10.0 Å². The second-order valence-corrected chi connectivity index (χ2v) is 8.38. The van der Waals surface area contributed by atoms with Gasteiger partial charge in [-0.1, -0.05) is 29.3 Å². The van der Waals surface area contributed by atoms with E-state index in [1.807, 2.05) is 17.5 Å². The van der Waals surface area contributed by atoms with Gasteiger partial charge in [-0.05, 0) is 29.6 Å². The molecule has 24 heavy (non-hydrogen) atoms. The lowest BCUT2D eigenvalue weighted by atomic mass is 10.3. The largest absolute Gasteiger partial charge is 0.271 e. The number of nitrogens with zero attached hydrogens (tertiary/aromatic N) is 2. The number of rotatable bonds is 6. The molecule has 6 nitrogen and oxygen atoms in total. The lowest BCUT2D eigenvalue weighted by molar-refractivity contribution is -0.119. The van der Waals surface area contributed by atoms with Crippen molar-refractivity contribution in [2.75, 3.05) is 17.1 Å². The zero-order valence-corrected chi connectivity index (χ0v) is 15.6. The molecule has 1 heterocycles. The Labute approximate surface area is 153 Å². The van der Waals surface area contributed by atoms with Crippen molar-refractivity contribution in [3.63, 3.8) is 0 Å². The molecule has 0 atom stereocenters. The SMILES string of the molecule is CS(=O)(=O)N(CC(=O)N/N=C\c1cccs1)c1ccc(Cl)c(Cl)c1. The standard InChI is InChI=1S/C14H13Cl2N3O3S2/c1-24(21,22)19(10-4-5-12(15)13(16)7-10)9-14(20)18-17-8-11-3-2-6-23-11/h2-8H,9H2,1H3,(H,18,20)/b17-8-. The normalized spacial score (nSPS) is 11.6. The number of thiophene rings is 1. The van der Waals surface area contributed by atoms with Crippen molar-refractivity contribution in [3.05, 3.63) is 50.6 Å². The Morgan fingerprint density at radius 1 is 1.33 bits per heavy atom. The van der Waals surface area contributed by atoms with Crippen LogP contribution in [-0.2, 0) is 14.8 Å². The summed E-state index contributed by atoms with van der Waals surface area (Å²) in [6.45, 7) is -0.432. The second-order valence-electron chi connectivity index (χ2n) is 4.68. The van der Waals surface area contributed by atoms with Gasteiger partial charge in [0, 0.05) is 4.88 Å². The Bertz CT molecular complexity index is 852. The highest BCUT2D eigenvalue weighted by atomic mass is 35.5. The molecule has 0 aliphatic heterocycles. The predicted molar refractivity (Wildman–Crippen MR) is 98.7 cm³/mol. The molecular weight excluding hydrogens is 393 g/mol. The lowest BCUT2D eigenvalue weighted by Crippen LogP contribution is -2.39. The number of halogens is 2. The summed E-state index contributed by atoms with van der Waals surface area (Å²) in [4.78, 5) is 12.8. The van der Waals surface area contributed by atoms with Crippen molar-refractivity contribution in [2.45, 2.75) is 0 Å². The van der Waals surface area contributed by atoms with Crippen molar-refractivity contribution in [2.24, 2.45) is 5.10 Å². The summed E-state index contributed by atoms with van der Waals surface area (Å²) in [5.41, 5.74) is 2.53. The van der Waals surface area contributed by atoms with Gasteiger partial charge in [0.05, 0.1) is 28.2 Å². The minimum absolute atomic E-state index is 0.193. The van der Waals surface area contributed by atoms with E-state index in [4.69, 9.17) is 23.2 Å². The Morgan fingerprint density at radius 3 is 2.67 bits per heavy atom. The summed E-state index contributed by atoms with van der Waals surface area (Å²) in [5, 5.41) is 6.15. The Kier molecular flexibility index (Phi) is 6.22. The van der Waals surface area contributed by atoms with Crippen LogP contribution in [-0.4, -0.2) is 33.3 Å². The fraction of sp³-hybridized carbons (Fsp3) is 0.143. The molecule has 0 unspecified atom stereocenters. The lowest BCUT2D eigenvalue weighted by Gasteiger charge is -2.21. The smallest absolute Gasteiger partial charge is 0.260 e. The van der Waals surface area contributed by atoms with Crippen LogP contribution in [0.1, 0.15) is 4.88 Å². The molecule has 2 rings (SSSR count). The summed E-state index contributed by atoms with van der Waals surface area (Å²) in [6, 6.07) is 8.00. The van der Waals surface area contributed by atoms with E-state index < -0.39 is 22.5 Å². The third-order valence-electron chi connectivity index (χ3n) is 2.80. The predicted octanol–water partition coefficient (Wildman–Crippen LogP) is 2.97. The molecule has 0 aliphatic rings. The molecule has 1 N–H and O–H groups in total. The van der Waals surface area contributed by atoms with Crippen LogP contribution in [0.4, 0.5) is 5.69 Å². The van der Waals surface area contributed by atoms with Gasteiger partial charge < -0.3 is 0 Å². The summed E-state index contributed by atoms with van der Waals surface area (Å²) >= 11 is 13.2. The van der Waals surface area contributed by atoms with E-state index in [0.29, 0.717) is 5.02 Å².